The number of thiophene rings is 1. The maximum absolute atomic E-state index is 12.6. The molecule has 2 aromatic heterocycles. The molecule has 0 unspecified atom stereocenters. The van der Waals surface area contributed by atoms with Crippen LogP contribution in [0.25, 0.3) is 5.69 Å². The van der Waals surface area contributed by atoms with Gasteiger partial charge in [0.25, 0.3) is 0 Å². The maximum atomic E-state index is 12.6. The van der Waals surface area contributed by atoms with E-state index in [1.54, 1.807) is 11.3 Å². The van der Waals surface area contributed by atoms with E-state index in [2.05, 4.69) is 52.7 Å². The number of likely N-dealkylation sites (N-methyl/N-ethyl adjacent to an activating group) is 1. The molecule has 0 fully saturated rings. The van der Waals surface area contributed by atoms with Crippen molar-refractivity contribution in [2.75, 3.05) is 18.4 Å². The highest BCUT2D eigenvalue weighted by Gasteiger charge is 2.17. The van der Waals surface area contributed by atoms with Gasteiger partial charge in [0, 0.05) is 11.4 Å². The summed E-state index contributed by atoms with van der Waals surface area (Å²) in [4.78, 5) is 16.0. The number of hydrogen-bond acceptors (Lipinski definition) is 4. The Morgan fingerprint density at radius 2 is 1.93 bits per heavy atom. The lowest BCUT2D eigenvalue weighted by Gasteiger charge is -2.19. The summed E-state index contributed by atoms with van der Waals surface area (Å²) in [5.74, 6) is -0.0111. The first kappa shape index (κ1) is 19.3. The molecule has 0 saturated heterocycles. The molecule has 27 heavy (non-hydrogen) atoms. The van der Waals surface area contributed by atoms with E-state index in [-0.39, 0.29) is 5.91 Å². The minimum atomic E-state index is -0.0111. The molecule has 1 amide bonds. The maximum Gasteiger partial charge on any atom is 0.238 e. The molecular weight excluding hydrogens is 356 g/mol. The predicted molar refractivity (Wildman–Crippen MR) is 112 cm³/mol. The van der Waals surface area contributed by atoms with Crippen LogP contribution in [-0.4, -0.2) is 33.7 Å². The van der Waals surface area contributed by atoms with Gasteiger partial charge in [-0.3, -0.25) is 9.69 Å². The van der Waals surface area contributed by atoms with Crippen LogP contribution in [0.4, 0.5) is 5.69 Å². The largest absolute Gasteiger partial charge is 0.322 e. The van der Waals surface area contributed by atoms with E-state index in [1.807, 2.05) is 36.7 Å². The van der Waals surface area contributed by atoms with E-state index in [4.69, 9.17) is 0 Å². The average molecular weight is 383 g/mol. The van der Waals surface area contributed by atoms with Gasteiger partial charge in [-0.15, -0.1) is 11.3 Å². The Kier molecular flexibility index (Phi) is 6.08. The fourth-order valence-corrected chi connectivity index (χ4v) is 3.79. The van der Waals surface area contributed by atoms with Crippen molar-refractivity contribution >= 4 is 22.9 Å². The average Bonchev–Trinajstić information content (AvgIpc) is 3.25. The van der Waals surface area contributed by atoms with Crippen molar-refractivity contribution in [1.29, 1.82) is 0 Å². The summed E-state index contributed by atoms with van der Waals surface area (Å²) in [5, 5.41) is 9.74. The fourth-order valence-electron chi connectivity index (χ4n) is 3.05. The SMILES string of the molecule is CCN(CC(=O)Nc1c(C)nn(-c2ccc(C)cc2)c1C)Cc1cccs1. The standard InChI is InChI=1S/C21H26N4OS/c1-5-24(13-19-7-6-12-27-19)14-20(26)22-21-16(3)23-25(17(21)4)18-10-8-15(2)9-11-18/h6-12H,5,13-14H2,1-4H3,(H,22,26). The number of benzene rings is 1. The van der Waals surface area contributed by atoms with Crippen molar-refractivity contribution < 1.29 is 4.79 Å². The number of rotatable bonds is 7. The van der Waals surface area contributed by atoms with Crippen molar-refractivity contribution in [2.45, 2.75) is 34.2 Å². The zero-order valence-corrected chi connectivity index (χ0v) is 17.1. The number of aromatic nitrogens is 2. The van der Waals surface area contributed by atoms with E-state index in [0.717, 1.165) is 35.9 Å². The Bertz CT molecular complexity index is 897. The van der Waals surface area contributed by atoms with Crippen LogP contribution < -0.4 is 5.32 Å². The molecule has 0 atom stereocenters. The third-order valence-corrected chi connectivity index (χ3v) is 5.47. The molecule has 5 nitrogen and oxygen atoms in total. The van der Waals surface area contributed by atoms with Gasteiger partial charge in [0.2, 0.25) is 5.91 Å². The van der Waals surface area contributed by atoms with Gasteiger partial charge in [0.1, 0.15) is 0 Å². The Morgan fingerprint density at radius 1 is 1.19 bits per heavy atom. The lowest BCUT2D eigenvalue weighted by atomic mass is 10.2. The summed E-state index contributed by atoms with van der Waals surface area (Å²) in [7, 11) is 0. The molecule has 0 aliphatic heterocycles. The molecule has 0 aliphatic carbocycles. The Labute approximate surface area is 164 Å². The molecule has 1 aromatic carbocycles. The van der Waals surface area contributed by atoms with Crippen LogP contribution in [0.3, 0.4) is 0 Å². The van der Waals surface area contributed by atoms with Gasteiger partial charge >= 0.3 is 0 Å². The minimum Gasteiger partial charge on any atom is -0.322 e. The minimum absolute atomic E-state index is 0.0111. The van der Waals surface area contributed by atoms with Crippen molar-refractivity contribution in [1.82, 2.24) is 14.7 Å². The Hall–Kier alpha value is -2.44. The first-order valence-corrected chi connectivity index (χ1v) is 10.0. The molecule has 3 rings (SSSR count). The first-order valence-electron chi connectivity index (χ1n) is 9.15. The molecule has 3 aromatic rings. The monoisotopic (exact) mass is 382 g/mol. The van der Waals surface area contributed by atoms with Gasteiger partial charge in [-0.05, 0) is 50.9 Å². The predicted octanol–water partition coefficient (Wildman–Crippen LogP) is 4.32. The van der Waals surface area contributed by atoms with Crippen molar-refractivity contribution in [3.63, 3.8) is 0 Å². The number of anilines is 1. The number of hydrogen-bond donors (Lipinski definition) is 1. The second-order valence-electron chi connectivity index (χ2n) is 6.72. The lowest BCUT2D eigenvalue weighted by molar-refractivity contribution is -0.117. The smallest absolute Gasteiger partial charge is 0.238 e. The Morgan fingerprint density at radius 3 is 2.56 bits per heavy atom. The van der Waals surface area contributed by atoms with Crippen LogP contribution in [0.1, 0.15) is 28.8 Å². The summed E-state index contributed by atoms with van der Waals surface area (Å²) in [6.07, 6.45) is 0. The number of carbonyl (C=O) groups excluding carboxylic acids is 1. The number of carbonyl (C=O) groups is 1. The third kappa shape index (κ3) is 4.64. The van der Waals surface area contributed by atoms with Gasteiger partial charge in [-0.2, -0.15) is 5.10 Å². The lowest BCUT2D eigenvalue weighted by Crippen LogP contribution is -2.32. The topological polar surface area (TPSA) is 50.2 Å². The number of nitrogens with one attached hydrogen (secondary N) is 1. The van der Waals surface area contributed by atoms with E-state index < -0.39 is 0 Å². The summed E-state index contributed by atoms with van der Waals surface area (Å²) < 4.78 is 1.88. The summed E-state index contributed by atoms with van der Waals surface area (Å²) in [6.45, 7) is 10.0. The molecule has 6 heteroatoms. The highest BCUT2D eigenvalue weighted by molar-refractivity contribution is 7.09. The van der Waals surface area contributed by atoms with Crippen LogP contribution >= 0.6 is 11.3 Å². The molecule has 1 N–H and O–H groups in total. The highest BCUT2D eigenvalue weighted by Crippen LogP contribution is 2.23. The van der Waals surface area contributed by atoms with Gasteiger partial charge in [-0.25, -0.2) is 4.68 Å². The second-order valence-corrected chi connectivity index (χ2v) is 7.76. The van der Waals surface area contributed by atoms with Crippen LogP contribution in [0.5, 0.6) is 0 Å². The number of aryl methyl sites for hydroxylation is 2. The van der Waals surface area contributed by atoms with Gasteiger partial charge in [0.15, 0.2) is 0 Å². The fraction of sp³-hybridized carbons (Fsp3) is 0.333. The van der Waals surface area contributed by atoms with Crippen molar-refractivity contribution in [2.24, 2.45) is 0 Å². The summed E-state index contributed by atoms with van der Waals surface area (Å²) in [5.41, 5.74) is 4.76. The Balaban J connectivity index is 1.71. The normalized spacial score (nSPS) is 11.1. The molecule has 2 heterocycles. The summed E-state index contributed by atoms with van der Waals surface area (Å²) in [6, 6.07) is 12.4. The van der Waals surface area contributed by atoms with Crippen molar-refractivity contribution in [3.05, 3.63) is 63.6 Å². The van der Waals surface area contributed by atoms with Crippen LogP contribution in [-0.2, 0) is 11.3 Å². The molecule has 0 radical (unpaired) electrons. The van der Waals surface area contributed by atoms with E-state index in [9.17, 15) is 4.79 Å². The molecule has 142 valence electrons. The highest BCUT2D eigenvalue weighted by atomic mass is 32.1. The van der Waals surface area contributed by atoms with Gasteiger partial charge < -0.3 is 5.32 Å². The van der Waals surface area contributed by atoms with Crippen LogP contribution in [0, 0.1) is 20.8 Å². The molecule has 0 bridgehead atoms. The first-order chi connectivity index (χ1) is 13.0. The van der Waals surface area contributed by atoms with Crippen LogP contribution in [0.15, 0.2) is 41.8 Å². The van der Waals surface area contributed by atoms with E-state index in [0.29, 0.717) is 6.54 Å². The van der Waals surface area contributed by atoms with Crippen LogP contribution in [0.2, 0.25) is 0 Å². The second kappa shape index (κ2) is 8.50. The molecule has 0 spiro atoms. The molecular formula is C21H26N4OS. The number of nitrogens with zero attached hydrogens (tertiary/aromatic N) is 3. The van der Waals surface area contributed by atoms with Gasteiger partial charge in [0.05, 0.1) is 29.3 Å². The zero-order chi connectivity index (χ0) is 19.4. The quantitative estimate of drug-likeness (QED) is 0.662. The van der Waals surface area contributed by atoms with E-state index in [1.165, 1.54) is 10.4 Å². The number of amides is 1. The van der Waals surface area contributed by atoms with E-state index >= 15 is 0 Å². The third-order valence-electron chi connectivity index (χ3n) is 4.61. The molecule has 0 saturated carbocycles. The molecule has 0 aliphatic rings. The summed E-state index contributed by atoms with van der Waals surface area (Å²) >= 11 is 1.72. The zero-order valence-electron chi connectivity index (χ0n) is 16.3. The van der Waals surface area contributed by atoms with Gasteiger partial charge in [-0.1, -0.05) is 30.7 Å². The van der Waals surface area contributed by atoms with Crippen molar-refractivity contribution in [3.8, 4) is 5.69 Å².